The minimum Gasteiger partial charge on any atom is -0.390 e. The predicted octanol–water partition coefficient (Wildman–Crippen LogP) is 2.83. The molecule has 9 heteroatoms. The number of nitriles is 2. The van der Waals surface area contributed by atoms with Gasteiger partial charge in [0.25, 0.3) is 0 Å². The zero-order valence-corrected chi connectivity index (χ0v) is 15.6. The number of nitrogens with one attached hydrogen (secondary N) is 1. The summed E-state index contributed by atoms with van der Waals surface area (Å²) in [7, 11) is 0. The van der Waals surface area contributed by atoms with Crippen LogP contribution in [0.25, 0.3) is 0 Å². The van der Waals surface area contributed by atoms with Gasteiger partial charge >= 0.3 is 6.09 Å². The van der Waals surface area contributed by atoms with Crippen LogP contribution in [0.1, 0.15) is 44.4 Å². The molecule has 0 heterocycles. The zero-order valence-electron chi connectivity index (χ0n) is 15.6. The van der Waals surface area contributed by atoms with Crippen LogP contribution in [0.15, 0.2) is 22.1 Å². The van der Waals surface area contributed by atoms with Gasteiger partial charge in [-0.1, -0.05) is 12.1 Å². The summed E-state index contributed by atoms with van der Waals surface area (Å²) in [6.07, 6.45) is 1.21. The summed E-state index contributed by atoms with van der Waals surface area (Å²) in [5.41, 5.74) is 5.21. The molecule has 142 valence electrons. The molecule has 0 saturated heterocycles. The summed E-state index contributed by atoms with van der Waals surface area (Å²) in [4.78, 5) is 23.1. The molecule has 0 radical (unpaired) electrons. The van der Waals surface area contributed by atoms with Crippen molar-refractivity contribution < 1.29 is 14.9 Å². The molecule has 1 aromatic carbocycles. The first-order valence-electron chi connectivity index (χ1n) is 7.97. The summed E-state index contributed by atoms with van der Waals surface area (Å²) < 4.78 is 0. The maximum absolute atomic E-state index is 11.6. The van der Waals surface area contributed by atoms with Crippen molar-refractivity contribution in [3.63, 3.8) is 0 Å². The topological polar surface area (TPSA) is 157 Å². The third-order valence-corrected chi connectivity index (χ3v) is 3.98. The highest BCUT2D eigenvalue weighted by atomic mass is 17.1. The Morgan fingerprint density at radius 2 is 1.93 bits per heavy atom. The van der Waals surface area contributed by atoms with Gasteiger partial charge in [0.2, 0.25) is 0 Å². The van der Waals surface area contributed by atoms with Crippen LogP contribution in [0.5, 0.6) is 0 Å². The number of anilines is 1. The van der Waals surface area contributed by atoms with Gasteiger partial charge in [-0.05, 0) is 44.4 Å². The summed E-state index contributed by atoms with van der Waals surface area (Å²) >= 11 is 0. The molecule has 27 heavy (non-hydrogen) atoms. The van der Waals surface area contributed by atoms with Crippen molar-refractivity contribution in [2.75, 3.05) is 5.32 Å². The molecule has 0 aliphatic rings. The lowest BCUT2D eigenvalue weighted by molar-refractivity contribution is -0.172. The van der Waals surface area contributed by atoms with Crippen LogP contribution >= 0.6 is 0 Å². The van der Waals surface area contributed by atoms with E-state index in [0.29, 0.717) is 16.7 Å². The number of carbonyl (C=O) groups is 1. The Morgan fingerprint density at radius 1 is 1.30 bits per heavy atom. The Labute approximate surface area is 157 Å². The number of carbonyl (C=O) groups excluding carboxylic acids is 1. The van der Waals surface area contributed by atoms with Gasteiger partial charge in [0, 0.05) is 0 Å². The first kappa shape index (κ1) is 21.6. The molecule has 1 amide bonds. The molecule has 0 unspecified atom stereocenters. The number of hydrogen-bond donors (Lipinski definition) is 3. The second-order valence-corrected chi connectivity index (χ2v) is 6.79. The first-order chi connectivity index (χ1) is 12.6. The number of hydrogen-bond acceptors (Lipinski definition) is 6. The van der Waals surface area contributed by atoms with E-state index in [4.69, 9.17) is 11.0 Å². The van der Waals surface area contributed by atoms with Crippen LogP contribution < -0.4 is 11.1 Å². The molecule has 4 N–H and O–H groups in total. The van der Waals surface area contributed by atoms with Crippen LogP contribution in [0, 0.1) is 22.7 Å². The highest BCUT2D eigenvalue weighted by molar-refractivity contribution is 5.87. The molecule has 1 rings (SSSR count). The summed E-state index contributed by atoms with van der Waals surface area (Å²) in [5.74, 6) is 0. The van der Waals surface area contributed by atoms with E-state index in [1.807, 2.05) is 0 Å². The SMILES string of the molecule is CC(C)(C#N)c1cc(CN=CN=CN)c(NC(=O)OO)c(C(C)(C)C#N)c1. The Balaban J connectivity index is 3.74. The number of nitrogens with zero attached hydrogens (tertiary/aromatic N) is 4. The van der Waals surface area contributed by atoms with E-state index in [0.717, 1.165) is 6.34 Å². The van der Waals surface area contributed by atoms with Gasteiger partial charge in [-0.15, -0.1) is 0 Å². The molecular formula is C18H22N6O3. The number of benzene rings is 1. The van der Waals surface area contributed by atoms with Crippen molar-refractivity contribution in [1.82, 2.24) is 0 Å². The molecule has 0 spiro atoms. The number of rotatable bonds is 6. The van der Waals surface area contributed by atoms with Crippen LogP contribution in [-0.4, -0.2) is 24.0 Å². The van der Waals surface area contributed by atoms with Crippen LogP contribution in [-0.2, 0) is 22.3 Å². The molecule has 0 fully saturated rings. The predicted molar refractivity (Wildman–Crippen MR) is 101 cm³/mol. The summed E-state index contributed by atoms with van der Waals surface area (Å²) in [5, 5.41) is 30.1. The van der Waals surface area contributed by atoms with E-state index in [1.165, 1.54) is 6.34 Å². The fraction of sp³-hybridized carbons (Fsp3) is 0.389. The van der Waals surface area contributed by atoms with E-state index in [2.05, 4.69) is 32.3 Å². The summed E-state index contributed by atoms with van der Waals surface area (Å²) in [6, 6.07) is 7.78. The zero-order chi connectivity index (χ0) is 20.7. The van der Waals surface area contributed by atoms with E-state index in [-0.39, 0.29) is 12.2 Å². The Morgan fingerprint density at radius 3 is 2.44 bits per heavy atom. The molecule has 0 aliphatic carbocycles. The van der Waals surface area contributed by atoms with E-state index in [9.17, 15) is 15.3 Å². The molecule has 0 atom stereocenters. The van der Waals surface area contributed by atoms with Gasteiger partial charge in [-0.2, -0.15) is 15.8 Å². The average Bonchev–Trinajstić information content (AvgIpc) is 2.65. The molecule has 1 aromatic rings. The van der Waals surface area contributed by atoms with Gasteiger partial charge < -0.3 is 5.73 Å². The van der Waals surface area contributed by atoms with E-state index >= 15 is 0 Å². The molecule has 0 aromatic heterocycles. The lowest BCUT2D eigenvalue weighted by Gasteiger charge is -2.26. The van der Waals surface area contributed by atoms with Crippen molar-refractivity contribution in [2.24, 2.45) is 15.7 Å². The van der Waals surface area contributed by atoms with E-state index < -0.39 is 16.9 Å². The van der Waals surface area contributed by atoms with Crippen LogP contribution in [0.4, 0.5) is 10.5 Å². The minimum absolute atomic E-state index is 0.0856. The smallest absolute Gasteiger partial charge is 0.390 e. The average molecular weight is 370 g/mol. The third-order valence-electron chi connectivity index (χ3n) is 3.98. The normalized spacial score (nSPS) is 12.0. The van der Waals surface area contributed by atoms with Crippen molar-refractivity contribution in [1.29, 1.82) is 10.5 Å². The Kier molecular flexibility index (Phi) is 7.03. The minimum atomic E-state index is -1.11. The third kappa shape index (κ3) is 5.27. The van der Waals surface area contributed by atoms with Gasteiger partial charge in [0.15, 0.2) is 0 Å². The maximum Gasteiger partial charge on any atom is 0.442 e. The fourth-order valence-electron chi connectivity index (χ4n) is 2.30. The second-order valence-electron chi connectivity index (χ2n) is 6.79. The standard InChI is InChI=1S/C18H22N6O3/c1-17(2,8-19)13-5-12(7-22-11-23-10-21)15(24-16(25)27-26)14(6-13)18(3,4)9-20/h5-6,10-11,26H,7H2,1-4H3,(H,24,25)(H2,21,22,23). The van der Waals surface area contributed by atoms with Gasteiger partial charge in [0.1, 0.15) is 6.34 Å². The lowest BCUT2D eigenvalue weighted by atomic mass is 9.78. The maximum atomic E-state index is 11.6. The Hall–Kier alpha value is -3.43. The number of nitrogens with two attached hydrogens (primary N) is 1. The first-order valence-corrected chi connectivity index (χ1v) is 7.97. The summed E-state index contributed by atoms with van der Waals surface area (Å²) in [6.45, 7) is 6.92. The number of amides is 1. The molecule has 0 bridgehead atoms. The van der Waals surface area contributed by atoms with Gasteiger partial charge in [0.05, 0.1) is 41.5 Å². The fourth-order valence-corrected chi connectivity index (χ4v) is 2.30. The van der Waals surface area contributed by atoms with Crippen molar-refractivity contribution >= 4 is 24.5 Å². The highest BCUT2D eigenvalue weighted by Crippen LogP contribution is 2.37. The van der Waals surface area contributed by atoms with Gasteiger partial charge in [-0.25, -0.2) is 9.79 Å². The van der Waals surface area contributed by atoms with Crippen molar-refractivity contribution in [3.8, 4) is 12.1 Å². The van der Waals surface area contributed by atoms with Crippen LogP contribution in [0.3, 0.4) is 0 Å². The van der Waals surface area contributed by atoms with Crippen molar-refractivity contribution in [2.45, 2.75) is 45.1 Å². The Bertz CT molecular complexity index is 844. The quantitative estimate of drug-likeness (QED) is 0.302. The lowest BCUT2D eigenvalue weighted by Crippen LogP contribution is -2.24. The highest BCUT2D eigenvalue weighted by Gasteiger charge is 2.30. The van der Waals surface area contributed by atoms with Crippen LogP contribution in [0.2, 0.25) is 0 Å². The largest absolute Gasteiger partial charge is 0.442 e. The molecule has 9 nitrogen and oxygen atoms in total. The number of aliphatic imine (C=N–C) groups is 2. The van der Waals surface area contributed by atoms with Gasteiger partial charge in [-0.3, -0.25) is 15.2 Å². The molecule has 0 aliphatic heterocycles. The monoisotopic (exact) mass is 370 g/mol. The van der Waals surface area contributed by atoms with Crippen molar-refractivity contribution in [3.05, 3.63) is 28.8 Å². The second kappa shape index (κ2) is 8.79. The van der Waals surface area contributed by atoms with E-state index in [1.54, 1.807) is 39.8 Å². The molecule has 0 saturated carbocycles. The molecular weight excluding hydrogens is 348 g/mol.